The second-order valence-electron chi connectivity index (χ2n) is 16.4. The summed E-state index contributed by atoms with van der Waals surface area (Å²) in [5, 5.41) is 14.0. The molecule has 0 aliphatic rings. The maximum Gasteiger partial charge on any atom is 0.0621 e. The van der Waals surface area contributed by atoms with Gasteiger partial charge in [0, 0.05) is 6.42 Å². The van der Waals surface area contributed by atoms with Crippen molar-refractivity contribution < 1.29 is 0 Å². The zero-order valence-corrected chi connectivity index (χ0v) is 35.8. The molecule has 0 heterocycles. The summed E-state index contributed by atoms with van der Waals surface area (Å²) in [6, 6.07) is 79.5. The van der Waals surface area contributed by atoms with Crippen LogP contribution in [-0.4, -0.2) is 0 Å². The van der Waals surface area contributed by atoms with Gasteiger partial charge in [-0.15, -0.1) is 0 Å². The third-order valence-corrected chi connectivity index (χ3v) is 12.2. The average Bonchev–Trinajstić information content (AvgIpc) is 3.35. The van der Waals surface area contributed by atoms with Crippen LogP contribution in [-0.2, 0) is 6.42 Å². The molecule has 0 aliphatic carbocycles. The predicted octanol–water partition coefficient (Wildman–Crippen LogP) is 16.9. The molecule has 0 amide bonds. The van der Waals surface area contributed by atoms with E-state index in [0.717, 1.165) is 25.7 Å². The average molecular weight is 810 g/mol. The first-order valence-electron chi connectivity index (χ1n) is 22.4. The van der Waals surface area contributed by atoms with Gasteiger partial charge in [0.25, 0.3) is 0 Å². The van der Waals surface area contributed by atoms with Gasteiger partial charge in [-0.3, -0.25) is 0 Å². The Morgan fingerprint density at radius 1 is 0.365 bits per heavy atom. The summed E-state index contributed by atoms with van der Waals surface area (Å²) in [4.78, 5) is 0. The Hall–Kier alpha value is -7.53. The number of unbranched alkanes of at least 4 members (excludes halogenated alkanes) is 5. The van der Waals surface area contributed by atoms with Gasteiger partial charge in [0.15, 0.2) is 0 Å². The Bertz CT molecular complexity index is 2940. The van der Waals surface area contributed by atoms with E-state index in [1.165, 1.54) is 107 Å². The zero-order chi connectivity index (χ0) is 42.6. The lowest BCUT2D eigenvalue weighted by atomic mass is 9.84. The van der Waals surface area contributed by atoms with Crippen LogP contribution < -0.4 is 0 Å². The van der Waals surface area contributed by atoms with Crippen LogP contribution in [0.1, 0.15) is 77.5 Å². The number of rotatable bonds is 15. The molecule has 9 aromatic rings. The van der Waals surface area contributed by atoms with Crippen molar-refractivity contribution in [3.8, 4) is 28.3 Å². The highest BCUT2D eigenvalue weighted by Crippen LogP contribution is 2.44. The lowest BCUT2D eigenvalue weighted by Gasteiger charge is -2.19. The fraction of sp³-hybridized carbons (Fsp3) is 0.113. The van der Waals surface area contributed by atoms with E-state index in [-0.39, 0.29) is 0 Å². The van der Waals surface area contributed by atoms with Gasteiger partial charge in [-0.1, -0.05) is 232 Å². The number of benzene rings is 9. The van der Waals surface area contributed by atoms with Gasteiger partial charge in [0.2, 0.25) is 0 Å². The molecule has 0 saturated carbocycles. The number of aryl methyl sites for hydroxylation is 1. The van der Waals surface area contributed by atoms with Crippen molar-refractivity contribution in [3.05, 3.63) is 251 Å². The van der Waals surface area contributed by atoms with Crippen LogP contribution in [0, 0.1) is 11.3 Å². The molecule has 0 unspecified atom stereocenters. The molecular formula is C62H51N. The van der Waals surface area contributed by atoms with Crippen LogP contribution in [0.4, 0.5) is 0 Å². The van der Waals surface area contributed by atoms with E-state index >= 15 is 0 Å². The van der Waals surface area contributed by atoms with Gasteiger partial charge >= 0.3 is 0 Å². The van der Waals surface area contributed by atoms with E-state index in [1.54, 1.807) is 0 Å². The molecule has 0 N–H and O–H groups in total. The molecule has 0 bridgehead atoms. The van der Waals surface area contributed by atoms with Crippen LogP contribution in [0.3, 0.4) is 0 Å². The van der Waals surface area contributed by atoms with Gasteiger partial charge in [-0.2, -0.15) is 5.26 Å². The summed E-state index contributed by atoms with van der Waals surface area (Å²) in [5.41, 5.74) is 15.9. The Morgan fingerprint density at radius 3 is 1.19 bits per heavy atom. The molecular weight excluding hydrogens is 759 g/mol. The molecule has 304 valence electrons. The van der Waals surface area contributed by atoms with Crippen molar-refractivity contribution in [1.29, 1.82) is 5.26 Å². The van der Waals surface area contributed by atoms with E-state index in [2.05, 4.69) is 231 Å². The minimum absolute atomic E-state index is 0.657. The highest BCUT2D eigenvalue weighted by atomic mass is 14.2. The molecule has 0 saturated heterocycles. The molecule has 1 nitrogen and oxygen atoms in total. The molecule has 0 radical (unpaired) electrons. The molecule has 63 heavy (non-hydrogen) atoms. The zero-order valence-electron chi connectivity index (χ0n) is 35.8. The number of hydrogen-bond donors (Lipinski definition) is 0. The van der Waals surface area contributed by atoms with Crippen molar-refractivity contribution in [1.82, 2.24) is 0 Å². The second-order valence-corrected chi connectivity index (χ2v) is 16.4. The lowest BCUT2D eigenvalue weighted by Crippen LogP contribution is -1.94. The van der Waals surface area contributed by atoms with Crippen LogP contribution in [0.25, 0.3) is 67.1 Å². The molecule has 0 fully saturated rings. The minimum Gasteiger partial charge on any atom is -0.198 e. The van der Waals surface area contributed by atoms with Gasteiger partial charge in [0.05, 0.1) is 6.07 Å². The van der Waals surface area contributed by atoms with Gasteiger partial charge < -0.3 is 0 Å². The Morgan fingerprint density at radius 2 is 0.746 bits per heavy atom. The van der Waals surface area contributed by atoms with Gasteiger partial charge in [-0.05, 0) is 125 Å². The number of nitriles is 1. The maximum atomic E-state index is 8.97. The van der Waals surface area contributed by atoms with E-state index in [0.29, 0.717) is 6.42 Å². The molecule has 9 rings (SSSR count). The summed E-state index contributed by atoms with van der Waals surface area (Å²) in [6.45, 7) is 0. The van der Waals surface area contributed by atoms with E-state index in [4.69, 9.17) is 5.26 Å². The van der Waals surface area contributed by atoms with Crippen molar-refractivity contribution in [2.24, 2.45) is 0 Å². The normalized spacial score (nSPS) is 11.0. The topological polar surface area (TPSA) is 23.8 Å². The summed E-state index contributed by atoms with van der Waals surface area (Å²) < 4.78 is 0. The number of hydrogen-bond acceptors (Lipinski definition) is 1. The van der Waals surface area contributed by atoms with Crippen molar-refractivity contribution in [2.45, 2.75) is 44.9 Å². The summed E-state index contributed by atoms with van der Waals surface area (Å²) >= 11 is 0. The summed E-state index contributed by atoms with van der Waals surface area (Å²) in [7, 11) is 0. The van der Waals surface area contributed by atoms with E-state index in [9.17, 15) is 0 Å². The standard InChI is InChI=1S/C62H51N/c63-42-20-4-2-1-3-9-21-46-36-41-57-60(45-46)62(54-39-34-48(35-40-54)44-59(51-26-14-7-15-27-51)52-28-16-8-17-29-52)56-31-19-18-30-55(56)61(57)53-37-32-47(33-38-53)43-58(49-22-10-5-11-23-49)50-24-12-6-13-25-50/h5-8,10-19,22-41,43-45H,1-4,9,20-21H2. The lowest BCUT2D eigenvalue weighted by molar-refractivity contribution is 0.619. The minimum atomic E-state index is 0.657. The fourth-order valence-electron chi connectivity index (χ4n) is 9.03. The maximum absolute atomic E-state index is 8.97. The molecule has 0 aliphatic heterocycles. The smallest absolute Gasteiger partial charge is 0.0621 e. The SMILES string of the molecule is N#CCCCCCCCc1ccc2c(-c3ccc(C=C(c4ccccc4)c4ccccc4)cc3)c3ccccc3c(-c3ccc(C=C(c4ccccc4)c4ccccc4)cc3)c2c1. The molecule has 0 atom stereocenters. The van der Waals surface area contributed by atoms with Crippen LogP contribution >= 0.6 is 0 Å². The Balaban J connectivity index is 1.14. The Kier molecular flexibility index (Phi) is 12.9. The van der Waals surface area contributed by atoms with Crippen LogP contribution in [0.5, 0.6) is 0 Å². The molecule has 1 heteroatoms. The first kappa shape index (κ1) is 40.9. The second kappa shape index (κ2) is 19.9. The fourth-order valence-corrected chi connectivity index (χ4v) is 9.03. The van der Waals surface area contributed by atoms with Crippen molar-refractivity contribution >= 4 is 44.8 Å². The number of fused-ring (bicyclic) bond motifs is 2. The molecule has 0 spiro atoms. The van der Waals surface area contributed by atoms with E-state index < -0.39 is 0 Å². The van der Waals surface area contributed by atoms with Crippen molar-refractivity contribution in [3.63, 3.8) is 0 Å². The molecule has 0 aromatic heterocycles. The third kappa shape index (κ3) is 9.53. The highest BCUT2D eigenvalue weighted by Gasteiger charge is 2.18. The highest BCUT2D eigenvalue weighted by molar-refractivity contribution is 6.21. The van der Waals surface area contributed by atoms with Gasteiger partial charge in [0.1, 0.15) is 0 Å². The van der Waals surface area contributed by atoms with Gasteiger partial charge in [-0.25, -0.2) is 0 Å². The first-order valence-corrected chi connectivity index (χ1v) is 22.4. The van der Waals surface area contributed by atoms with Crippen molar-refractivity contribution in [2.75, 3.05) is 0 Å². The summed E-state index contributed by atoms with van der Waals surface area (Å²) in [5.74, 6) is 0. The predicted molar refractivity (Wildman–Crippen MR) is 269 cm³/mol. The quantitative estimate of drug-likeness (QED) is 0.0575. The van der Waals surface area contributed by atoms with E-state index in [1.807, 2.05) is 0 Å². The van der Waals surface area contributed by atoms with Crippen LogP contribution in [0.2, 0.25) is 0 Å². The summed E-state index contributed by atoms with van der Waals surface area (Å²) in [6.07, 6.45) is 11.9. The first-order chi connectivity index (χ1) is 31.2. The largest absolute Gasteiger partial charge is 0.198 e. The Labute approximate surface area is 373 Å². The number of nitrogens with zero attached hydrogens (tertiary/aromatic N) is 1. The van der Waals surface area contributed by atoms with Crippen LogP contribution in [0.15, 0.2) is 212 Å². The third-order valence-electron chi connectivity index (χ3n) is 12.2. The molecule has 9 aromatic carbocycles. The monoisotopic (exact) mass is 809 g/mol.